The molecule has 1 aliphatic rings. The molecular formula is C14H22N4O. The van der Waals surface area contributed by atoms with E-state index in [1.165, 1.54) is 6.42 Å². The van der Waals surface area contributed by atoms with Crippen LogP contribution in [-0.2, 0) is 0 Å². The zero-order valence-electron chi connectivity index (χ0n) is 11.6. The molecule has 1 fully saturated rings. The number of primary amides is 1. The molecule has 1 atom stereocenters. The summed E-state index contributed by atoms with van der Waals surface area (Å²) in [5.41, 5.74) is 7.72. The maximum absolute atomic E-state index is 11.5. The van der Waals surface area contributed by atoms with E-state index in [1.807, 2.05) is 19.9 Å². The highest BCUT2D eigenvalue weighted by Crippen LogP contribution is 2.19. The highest BCUT2D eigenvalue weighted by Gasteiger charge is 2.16. The molecule has 1 unspecified atom stereocenters. The van der Waals surface area contributed by atoms with Crippen molar-refractivity contribution in [1.82, 2.24) is 10.3 Å². The summed E-state index contributed by atoms with van der Waals surface area (Å²) in [6.07, 6.45) is 2.31. The number of carbonyl (C=O) groups excluding carboxylic acids is 1. The Bertz CT molecular complexity index is 467. The zero-order chi connectivity index (χ0) is 13.8. The quantitative estimate of drug-likeness (QED) is 0.745. The van der Waals surface area contributed by atoms with Crippen LogP contribution in [0.15, 0.2) is 6.07 Å². The molecule has 1 aliphatic heterocycles. The van der Waals surface area contributed by atoms with E-state index >= 15 is 0 Å². The van der Waals surface area contributed by atoms with Crippen LogP contribution in [0.25, 0.3) is 0 Å². The van der Waals surface area contributed by atoms with Gasteiger partial charge in [0.1, 0.15) is 5.82 Å². The predicted molar refractivity (Wildman–Crippen MR) is 76.3 cm³/mol. The summed E-state index contributed by atoms with van der Waals surface area (Å²) in [4.78, 5) is 15.9. The van der Waals surface area contributed by atoms with E-state index < -0.39 is 5.91 Å². The first-order valence-electron chi connectivity index (χ1n) is 6.80. The smallest absolute Gasteiger partial charge is 0.252 e. The fourth-order valence-corrected chi connectivity index (χ4v) is 2.63. The second kappa shape index (κ2) is 6.02. The van der Waals surface area contributed by atoms with Gasteiger partial charge in [0.2, 0.25) is 0 Å². The third kappa shape index (κ3) is 3.44. The average molecular weight is 262 g/mol. The highest BCUT2D eigenvalue weighted by molar-refractivity contribution is 5.99. The fraction of sp³-hybridized carbons (Fsp3) is 0.571. The van der Waals surface area contributed by atoms with Gasteiger partial charge in [0.25, 0.3) is 5.91 Å². The number of nitrogens with two attached hydrogens (primary N) is 1. The van der Waals surface area contributed by atoms with Crippen LogP contribution in [0.3, 0.4) is 0 Å². The van der Waals surface area contributed by atoms with Crippen molar-refractivity contribution in [3.05, 3.63) is 22.9 Å². The molecule has 104 valence electrons. The number of aryl methyl sites for hydroxylation is 2. The van der Waals surface area contributed by atoms with Crippen molar-refractivity contribution in [3.63, 3.8) is 0 Å². The first-order chi connectivity index (χ1) is 9.08. The number of pyridine rings is 1. The number of rotatable bonds is 5. The van der Waals surface area contributed by atoms with Crippen LogP contribution >= 0.6 is 0 Å². The van der Waals surface area contributed by atoms with Crippen LogP contribution in [0, 0.1) is 19.8 Å². The zero-order valence-corrected chi connectivity index (χ0v) is 11.6. The Kier molecular flexibility index (Phi) is 4.37. The summed E-state index contributed by atoms with van der Waals surface area (Å²) in [6, 6.07) is 1.88. The van der Waals surface area contributed by atoms with Gasteiger partial charge in [0, 0.05) is 12.2 Å². The minimum atomic E-state index is -0.421. The lowest BCUT2D eigenvalue weighted by Gasteiger charge is -2.14. The molecule has 0 spiro atoms. The molecule has 1 saturated heterocycles. The van der Waals surface area contributed by atoms with Crippen LogP contribution in [0.1, 0.15) is 34.5 Å². The van der Waals surface area contributed by atoms with Gasteiger partial charge in [-0.3, -0.25) is 4.79 Å². The van der Waals surface area contributed by atoms with Crippen LogP contribution in [-0.4, -0.2) is 30.5 Å². The highest BCUT2D eigenvalue weighted by atomic mass is 16.1. The molecule has 0 radical (unpaired) electrons. The molecule has 1 aromatic heterocycles. The second-order valence-corrected chi connectivity index (χ2v) is 5.24. The van der Waals surface area contributed by atoms with Crippen molar-refractivity contribution < 1.29 is 4.79 Å². The molecule has 5 nitrogen and oxygen atoms in total. The first kappa shape index (κ1) is 13.8. The summed E-state index contributed by atoms with van der Waals surface area (Å²) < 4.78 is 0. The molecule has 0 aliphatic carbocycles. The Morgan fingerprint density at radius 1 is 1.58 bits per heavy atom. The van der Waals surface area contributed by atoms with E-state index in [0.717, 1.165) is 43.2 Å². The van der Waals surface area contributed by atoms with E-state index in [0.29, 0.717) is 11.4 Å². The van der Waals surface area contributed by atoms with Gasteiger partial charge < -0.3 is 16.4 Å². The summed E-state index contributed by atoms with van der Waals surface area (Å²) in [6.45, 7) is 6.83. The topological polar surface area (TPSA) is 80.0 Å². The van der Waals surface area contributed by atoms with E-state index in [1.54, 1.807) is 0 Å². The number of hydrogen-bond acceptors (Lipinski definition) is 4. The average Bonchev–Trinajstić information content (AvgIpc) is 2.80. The van der Waals surface area contributed by atoms with Crippen LogP contribution in [0.4, 0.5) is 5.82 Å². The van der Waals surface area contributed by atoms with Crippen molar-refractivity contribution in [2.24, 2.45) is 11.7 Å². The number of hydrogen-bond donors (Lipinski definition) is 3. The summed E-state index contributed by atoms with van der Waals surface area (Å²) in [7, 11) is 0. The third-order valence-corrected chi connectivity index (χ3v) is 3.60. The minimum Gasteiger partial charge on any atom is -0.369 e. The summed E-state index contributed by atoms with van der Waals surface area (Å²) >= 11 is 0. The lowest BCUT2D eigenvalue weighted by Crippen LogP contribution is -2.19. The van der Waals surface area contributed by atoms with Crippen molar-refractivity contribution in [2.75, 3.05) is 25.0 Å². The van der Waals surface area contributed by atoms with Gasteiger partial charge in [-0.2, -0.15) is 0 Å². The molecule has 2 rings (SSSR count). The Morgan fingerprint density at radius 2 is 2.37 bits per heavy atom. The van der Waals surface area contributed by atoms with Gasteiger partial charge in [-0.1, -0.05) is 0 Å². The normalized spacial score (nSPS) is 18.5. The molecule has 0 bridgehead atoms. The molecular weight excluding hydrogens is 240 g/mol. The molecule has 19 heavy (non-hydrogen) atoms. The van der Waals surface area contributed by atoms with Gasteiger partial charge in [-0.15, -0.1) is 0 Å². The number of carbonyl (C=O) groups is 1. The monoisotopic (exact) mass is 262 g/mol. The van der Waals surface area contributed by atoms with Gasteiger partial charge in [0.05, 0.1) is 5.56 Å². The van der Waals surface area contributed by atoms with E-state index in [2.05, 4.69) is 15.6 Å². The fourth-order valence-electron chi connectivity index (χ4n) is 2.63. The number of anilines is 1. The molecule has 1 aromatic rings. The molecule has 5 heteroatoms. The second-order valence-electron chi connectivity index (χ2n) is 5.24. The minimum absolute atomic E-state index is 0.421. The van der Waals surface area contributed by atoms with Gasteiger partial charge in [0.15, 0.2) is 0 Å². The Balaban J connectivity index is 2.03. The van der Waals surface area contributed by atoms with Crippen LogP contribution in [0.5, 0.6) is 0 Å². The predicted octanol–water partition coefficient (Wildman–Crippen LogP) is 1.21. The van der Waals surface area contributed by atoms with Crippen molar-refractivity contribution in [2.45, 2.75) is 26.7 Å². The van der Waals surface area contributed by atoms with Gasteiger partial charge in [-0.25, -0.2) is 4.98 Å². The number of nitrogens with zero attached hydrogens (tertiary/aromatic N) is 1. The number of amides is 1. The summed E-state index contributed by atoms with van der Waals surface area (Å²) in [5, 5.41) is 6.61. The van der Waals surface area contributed by atoms with Crippen LogP contribution in [0.2, 0.25) is 0 Å². The van der Waals surface area contributed by atoms with Crippen molar-refractivity contribution in [3.8, 4) is 0 Å². The van der Waals surface area contributed by atoms with Crippen molar-refractivity contribution >= 4 is 11.7 Å². The lowest BCUT2D eigenvalue weighted by molar-refractivity contribution is 0.1000. The molecule has 2 heterocycles. The molecule has 1 amide bonds. The molecule has 0 aromatic carbocycles. The Morgan fingerprint density at radius 3 is 3.00 bits per heavy atom. The van der Waals surface area contributed by atoms with Crippen molar-refractivity contribution in [1.29, 1.82) is 0 Å². The SMILES string of the molecule is Cc1cc(C)c(C(N)=O)c(NCCC2CCNC2)n1. The van der Waals surface area contributed by atoms with E-state index in [-0.39, 0.29) is 0 Å². The number of aromatic nitrogens is 1. The maximum Gasteiger partial charge on any atom is 0.252 e. The first-order valence-corrected chi connectivity index (χ1v) is 6.80. The van der Waals surface area contributed by atoms with E-state index in [9.17, 15) is 4.79 Å². The largest absolute Gasteiger partial charge is 0.369 e. The van der Waals surface area contributed by atoms with Crippen LogP contribution < -0.4 is 16.4 Å². The summed E-state index contributed by atoms with van der Waals surface area (Å²) in [5.74, 6) is 0.918. The molecule has 4 N–H and O–H groups in total. The molecule has 0 saturated carbocycles. The Hall–Kier alpha value is -1.62. The third-order valence-electron chi connectivity index (χ3n) is 3.60. The maximum atomic E-state index is 11.5. The number of nitrogens with one attached hydrogen (secondary N) is 2. The standard InChI is InChI=1S/C14H22N4O/c1-9-7-10(2)18-14(12(9)13(15)19)17-6-4-11-3-5-16-8-11/h7,11,16H,3-6,8H2,1-2H3,(H2,15,19)(H,17,18). The van der Waals surface area contributed by atoms with Gasteiger partial charge >= 0.3 is 0 Å². The van der Waals surface area contributed by atoms with E-state index in [4.69, 9.17) is 5.73 Å². The van der Waals surface area contributed by atoms with Gasteiger partial charge in [-0.05, 0) is 57.3 Å². The Labute approximate surface area is 114 Å². The lowest BCUT2D eigenvalue weighted by atomic mass is 10.0.